The van der Waals surface area contributed by atoms with Crippen molar-refractivity contribution in [3.8, 4) is 11.3 Å². The second-order valence-electron chi connectivity index (χ2n) is 6.29. The van der Waals surface area contributed by atoms with E-state index in [4.69, 9.17) is 0 Å². The van der Waals surface area contributed by atoms with Crippen LogP contribution in [-0.2, 0) is 5.41 Å². The molecule has 0 fully saturated rings. The molecule has 0 amide bonds. The van der Waals surface area contributed by atoms with E-state index in [1.807, 2.05) is 6.20 Å². The molecule has 2 nitrogen and oxygen atoms in total. The van der Waals surface area contributed by atoms with Crippen molar-refractivity contribution in [1.82, 2.24) is 4.98 Å². The van der Waals surface area contributed by atoms with Gasteiger partial charge in [0.2, 0.25) is 0 Å². The Morgan fingerprint density at radius 3 is 2.89 bits per heavy atom. The van der Waals surface area contributed by atoms with Gasteiger partial charge in [-0.2, -0.15) is 0 Å². The fourth-order valence-corrected chi connectivity index (χ4v) is 3.84. The van der Waals surface area contributed by atoms with Gasteiger partial charge in [-0.05, 0) is 23.3 Å². The molecule has 0 saturated heterocycles. The number of fused-ring (bicyclic) bond motifs is 2. The Hall–Kier alpha value is -1.83. The third kappa shape index (κ3) is 1.24. The Labute approximate surface area is 114 Å². The smallest absolute Gasteiger partial charge is 0.0743 e. The molecule has 2 heterocycles. The van der Waals surface area contributed by atoms with Crippen LogP contribution in [0.15, 0.2) is 36.5 Å². The number of benzene rings is 1. The Kier molecular flexibility index (Phi) is 1.96. The van der Waals surface area contributed by atoms with Gasteiger partial charge in [-0.1, -0.05) is 32.0 Å². The van der Waals surface area contributed by atoms with E-state index >= 15 is 0 Å². The minimum Gasteiger partial charge on any atom is -0.374 e. The first-order chi connectivity index (χ1) is 9.10. The van der Waals surface area contributed by atoms with Crippen LogP contribution >= 0.6 is 0 Å². The van der Waals surface area contributed by atoms with Gasteiger partial charge in [0.1, 0.15) is 0 Å². The van der Waals surface area contributed by atoms with Crippen LogP contribution in [0.2, 0.25) is 0 Å². The molecule has 0 saturated carbocycles. The first-order valence-electron chi connectivity index (χ1n) is 6.90. The van der Waals surface area contributed by atoms with Crippen molar-refractivity contribution in [3.63, 3.8) is 0 Å². The molecule has 1 aliphatic heterocycles. The minimum atomic E-state index is 0.150. The van der Waals surface area contributed by atoms with E-state index in [1.165, 1.54) is 28.1 Å². The maximum atomic E-state index is 4.67. The second kappa shape index (κ2) is 3.38. The van der Waals surface area contributed by atoms with Crippen molar-refractivity contribution in [2.24, 2.45) is 0 Å². The van der Waals surface area contributed by atoms with Gasteiger partial charge in [0.25, 0.3) is 0 Å². The highest BCUT2D eigenvalue weighted by Crippen LogP contribution is 2.55. The van der Waals surface area contributed by atoms with Gasteiger partial charge in [-0.15, -0.1) is 0 Å². The van der Waals surface area contributed by atoms with Gasteiger partial charge in [0.15, 0.2) is 0 Å². The van der Waals surface area contributed by atoms with Crippen molar-refractivity contribution in [3.05, 3.63) is 47.7 Å². The average Bonchev–Trinajstić information content (AvgIpc) is 2.76. The van der Waals surface area contributed by atoms with Gasteiger partial charge in [0, 0.05) is 42.4 Å². The molecule has 0 N–H and O–H groups in total. The molecule has 96 valence electrons. The van der Waals surface area contributed by atoms with Crippen LogP contribution in [0.25, 0.3) is 11.3 Å². The first kappa shape index (κ1) is 11.0. The summed E-state index contributed by atoms with van der Waals surface area (Å²) < 4.78 is 0. The number of hydrogen-bond donors (Lipinski definition) is 0. The average molecular weight is 250 g/mol. The molecule has 2 aromatic rings. The molecule has 19 heavy (non-hydrogen) atoms. The Bertz CT molecular complexity index is 673. The molecular formula is C17H18N2. The lowest BCUT2D eigenvalue weighted by molar-refractivity contribution is 0.422. The van der Waals surface area contributed by atoms with E-state index in [1.54, 1.807) is 0 Å². The summed E-state index contributed by atoms with van der Waals surface area (Å²) in [6.07, 6.45) is 1.91. The van der Waals surface area contributed by atoms with Crippen LogP contribution in [0.5, 0.6) is 0 Å². The standard InChI is InChI=1S/C17H18N2/c1-17(2)12-7-5-9-18-16(12)11-6-4-8-14-15(11)13(17)10-19(14)3/h4-9,13H,10H2,1-3H3. The third-order valence-corrected chi connectivity index (χ3v) is 4.93. The largest absolute Gasteiger partial charge is 0.374 e. The van der Waals surface area contributed by atoms with Crippen LogP contribution in [0.3, 0.4) is 0 Å². The molecule has 0 bridgehead atoms. The topological polar surface area (TPSA) is 16.1 Å². The summed E-state index contributed by atoms with van der Waals surface area (Å²) in [5.41, 5.74) is 6.93. The minimum absolute atomic E-state index is 0.150. The van der Waals surface area contributed by atoms with E-state index in [2.05, 4.69) is 61.1 Å². The van der Waals surface area contributed by atoms with Gasteiger partial charge in [-0.25, -0.2) is 0 Å². The highest BCUT2D eigenvalue weighted by molar-refractivity contribution is 5.81. The van der Waals surface area contributed by atoms with Crippen LogP contribution in [-0.4, -0.2) is 18.6 Å². The Morgan fingerprint density at radius 1 is 1.21 bits per heavy atom. The zero-order valence-corrected chi connectivity index (χ0v) is 11.6. The number of aromatic nitrogens is 1. The summed E-state index contributed by atoms with van der Waals surface area (Å²) in [5, 5.41) is 0. The number of pyridine rings is 1. The van der Waals surface area contributed by atoms with E-state index in [0.717, 1.165) is 6.54 Å². The summed E-state index contributed by atoms with van der Waals surface area (Å²) in [6.45, 7) is 5.82. The lowest BCUT2D eigenvalue weighted by Gasteiger charge is -2.38. The van der Waals surface area contributed by atoms with E-state index < -0.39 is 0 Å². The summed E-state index contributed by atoms with van der Waals surface area (Å²) >= 11 is 0. The molecule has 1 unspecified atom stereocenters. The van der Waals surface area contributed by atoms with Crippen LogP contribution in [0, 0.1) is 0 Å². The number of nitrogens with zero attached hydrogens (tertiary/aromatic N) is 2. The van der Waals surface area contributed by atoms with Crippen molar-refractivity contribution < 1.29 is 0 Å². The van der Waals surface area contributed by atoms with E-state index in [9.17, 15) is 0 Å². The summed E-state index contributed by atoms with van der Waals surface area (Å²) in [7, 11) is 2.20. The number of likely N-dealkylation sites (N-methyl/N-ethyl adjacent to an activating group) is 1. The van der Waals surface area contributed by atoms with E-state index in [-0.39, 0.29) is 5.41 Å². The van der Waals surface area contributed by atoms with Crippen molar-refractivity contribution in [1.29, 1.82) is 0 Å². The molecule has 1 aromatic carbocycles. The van der Waals surface area contributed by atoms with Crippen molar-refractivity contribution in [2.75, 3.05) is 18.5 Å². The number of anilines is 1. The molecule has 2 heteroatoms. The van der Waals surface area contributed by atoms with Crippen LogP contribution in [0.4, 0.5) is 5.69 Å². The van der Waals surface area contributed by atoms with Crippen molar-refractivity contribution in [2.45, 2.75) is 25.2 Å². The summed E-state index contributed by atoms with van der Waals surface area (Å²) in [4.78, 5) is 7.05. The van der Waals surface area contributed by atoms with Crippen molar-refractivity contribution >= 4 is 5.69 Å². The number of rotatable bonds is 0. The highest BCUT2D eigenvalue weighted by atomic mass is 15.1. The molecule has 1 aliphatic carbocycles. The van der Waals surface area contributed by atoms with Gasteiger partial charge in [0.05, 0.1) is 5.69 Å². The summed E-state index contributed by atoms with van der Waals surface area (Å²) in [5.74, 6) is 0.570. The fraction of sp³-hybridized carbons (Fsp3) is 0.353. The monoisotopic (exact) mass is 250 g/mol. The maximum Gasteiger partial charge on any atom is 0.0743 e. The first-order valence-corrected chi connectivity index (χ1v) is 6.90. The fourth-order valence-electron chi connectivity index (χ4n) is 3.84. The van der Waals surface area contributed by atoms with Gasteiger partial charge >= 0.3 is 0 Å². The quantitative estimate of drug-likeness (QED) is 0.710. The normalized spacial score (nSPS) is 22.1. The van der Waals surface area contributed by atoms with Crippen LogP contribution < -0.4 is 4.90 Å². The van der Waals surface area contributed by atoms with Gasteiger partial charge < -0.3 is 4.90 Å². The maximum absolute atomic E-state index is 4.67. The molecule has 2 aliphatic rings. The van der Waals surface area contributed by atoms with E-state index in [0.29, 0.717) is 5.92 Å². The molecular weight excluding hydrogens is 232 g/mol. The summed E-state index contributed by atoms with van der Waals surface area (Å²) in [6, 6.07) is 10.9. The molecule has 1 aromatic heterocycles. The zero-order chi connectivity index (χ0) is 13.2. The highest BCUT2D eigenvalue weighted by Gasteiger charge is 2.45. The lowest BCUT2D eigenvalue weighted by atomic mass is 9.65. The second-order valence-corrected chi connectivity index (χ2v) is 6.29. The van der Waals surface area contributed by atoms with Crippen LogP contribution in [0.1, 0.15) is 30.9 Å². The van der Waals surface area contributed by atoms with Gasteiger partial charge in [-0.3, -0.25) is 4.98 Å². The Balaban J connectivity index is 2.11. The zero-order valence-electron chi connectivity index (χ0n) is 11.6. The Morgan fingerprint density at radius 2 is 2.05 bits per heavy atom. The molecule has 0 spiro atoms. The molecule has 1 atom stereocenters. The lowest BCUT2D eigenvalue weighted by Crippen LogP contribution is -2.33. The molecule has 0 radical (unpaired) electrons. The predicted molar refractivity (Wildman–Crippen MR) is 78.7 cm³/mol. The number of hydrogen-bond acceptors (Lipinski definition) is 2. The SMILES string of the molecule is CN1CC2c3c(cccc31)-c1ncccc1C2(C)C. The molecule has 4 rings (SSSR count). The predicted octanol–water partition coefficient (Wildman–Crippen LogP) is 3.57. The third-order valence-electron chi connectivity index (χ3n) is 4.93.